The van der Waals surface area contributed by atoms with Crippen molar-refractivity contribution in [3.05, 3.63) is 53.1 Å². The van der Waals surface area contributed by atoms with Gasteiger partial charge in [0.15, 0.2) is 5.69 Å². The number of alkyl halides is 3. The normalized spacial score (nSPS) is 12.4. The molecule has 8 heteroatoms. The molecule has 0 spiro atoms. The summed E-state index contributed by atoms with van der Waals surface area (Å²) in [6.07, 6.45) is -4.50. The molecule has 2 aromatic carbocycles. The highest BCUT2D eigenvalue weighted by Gasteiger charge is 2.31. The third-order valence-corrected chi connectivity index (χ3v) is 3.90. The molecule has 124 valence electrons. The molecular weight excluding hydrogens is 343 g/mol. The summed E-state index contributed by atoms with van der Waals surface area (Å²) in [6.45, 7) is 0. The number of para-hydroxylation sites is 1. The number of benzene rings is 2. The number of aryl methyl sites for hydroxylation is 1. The first kappa shape index (κ1) is 16.3. The molecule has 0 fully saturated rings. The molecule has 24 heavy (non-hydrogen) atoms. The number of rotatable bonds is 2. The Morgan fingerprint density at radius 2 is 1.79 bits per heavy atom. The van der Waals surface area contributed by atoms with Crippen LogP contribution in [0.25, 0.3) is 10.9 Å². The second-order valence-electron chi connectivity index (χ2n) is 5.11. The zero-order valence-corrected chi connectivity index (χ0v) is 13.1. The van der Waals surface area contributed by atoms with E-state index in [0.717, 1.165) is 23.7 Å². The van der Waals surface area contributed by atoms with Gasteiger partial charge in [-0.15, -0.1) is 10.2 Å². The Bertz CT molecular complexity index is 948. The van der Waals surface area contributed by atoms with Gasteiger partial charge in [0.1, 0.15) is 5.69 Å². The second-order valence-corrected chi connectivity index (χ2v) is 5.52. The van der Waals surface area contributed by atoms with Crippen LogP contribution in [-0.2, 0) is 13.2 Å². The lowest BCUT2D eigenvalue weighted by atomic mass is 10.2. The van der Waals surface area contributed by atoms with Crippen LogP contribution in [-0.4, -0.2) is 9.67 Å². The minimum atomic E-state index is -4.50. The summed E-state index contributed by atoms with van der Waals surface area (Å²) in [5, 5.41) is 18.5. The Morgan fingerprint density at radius 3 is 2.50 bits per heavy atom. The maximum absolute atomic E-state index is 12.8. The van der Waals surface area contributed by atoms with E-state index in [2.05, 4.69) is 10.2 Å². The molecule has 0 aliphatic heterocycles. The van der Waals surface area contributed by atoms with E-state index in [0.29, 0.717) is 5.39 Å². The fraction of sp³-hybridized carbons (Fsp3) is 0.125. The summed E-state index contributed by atoms with van der Waals surface area (Å²) < 4.78 is 39.9. The summed E-state index contributed by atoms with van der Waals surface area (Å²) in [5.74, 6) is -0.136. The fourth-order valence-corrected chi connectivity index (χ4v) is 2.48. The highest BCUT2D eigenvalue weighted by atomic mass is 35.5. The van der Waals surface area contributed by atoms with Crippen LogP contribution >= 0.6 is 11.6 Å². The quantitative estimate of drug-likeness (QED) is 0.567. The Morgan fingerprint density at radius 1 is 1.08 bits per heavy atom. The molecule has 3 aromatic rings. The minimum Gasteiger partial charge on any atom is -0.493 e. The Labute approximate surface area is 139 Å². The van der Waals surface area contributed by atoms with Crippen molar-refractivity contribution in [3.63, 3.8) is 0 Å². The van der Waals surface area contributed by atoms with Crippen LogP contribution in [0.15, 0.2) is 52.7 Å². The first-order valence-electron chi connectivity index (χ1n) is 6.84. The molecule has 0 saturated heterocycles. The van der Waals surface area contributed by atoms with E-state index in [-0.39, 0.29) is 22.3 Å². The van der Waals surface area contributed by atoms with Gasteiger partial charge in [0.2, 0.25) is 5.88 Å². The van der Waals surface area contributed by atoms with Gasteiger partial charge in [-0.2, -0.15) is 13.2 Å². The van der Waals surface area contributed by atoms with Crippen molar-refractivity contribution in [3.8, 4) is 5.88 Å². The van der Waals surface area contributed by atoms with Crippen molar-refractivity contribution in [1.29, 1.82) is 0 Å². The van der Waals surface area contributed by atoms with Crippen molar-refractivity contribution in [1.82, 2.24) is 4.57 Å². The number of halogens is 4. The molecule has 0 unspecified atom stereocenters. The highest BCUT2D eigenvalue weighted by molar-refractivity contribution is 6.33. The molecule has 3 rings (SSSR count). The number of azo groups is 1. The summed E-state index contributed by atoms with van der Waals surface area (Å²) in [6, 6.07) is 9.87. The maximum Gasteiger partial charge on any atom is 0.416 e. The van der Waals surface area contributed by atoms with Gasteiger partial charge in [-0.25, -0.2) is 0 Å². The Balaban J connectivity index is 2.08. The van der Waals surface area contributed by atoms with Crippen molar-refractivity contribution in [2.24, 2.45) is 17.3 Å². The average Bonchev–Trinajstić information content (AvgIpc) is 2.78. The van der Waals surface area contributed by atoms with E-state index in [1.165, 1.54) is 4.57 Å². The zero-order valence-electron chi connectivity index (χ0n) is 12.3. The first-order valence-corrected chi connectivity index (χ1v) is 7.21. The van der Waals surface area contributed by atoms with Crippen molar-refractivity contribution < 1.29 is 18.3 Å². The highest BCUT2D eigenvalue weighted by Crippen LogP contribution is 2.40. The summed E-state index contributed by atoms with van der Waals surface area (Å²) >= 11 is 5.89. The summed E-state index contributed by atoms with van der Waals surface area (Å²) in [5.41, 5.74) is -0.109. The van der Waals surface area contributed by atoms with Crippen LogP contribution in [0.3, 0.4) is 0 Å². The predicted octanol–water partition coefficient (Wildman–Crippen LogP) is 5.97. The molecule has 0 radical (unpaired) electrons. The van der Waals surface area contributed by atoms with E-state index in [9.17, 15) is 18.3 Å². The third-order valence-electron chi connectivity index (χ3n) is 3.58. The van der Waals surface area contributed by atoms with Gasteiger partial charge in [-0.3, -0.25) is 0 Å². The zero-order chi connectivity index (χ0) is 17.5. The van der Waals surface area contributed by atoms with Crippen molar-refractivity contribution in [2.75, 3.05) is 0 Å². The maximum atomic E-state index is 12.8. The number of aromatic hydroxyl groups is 1. The molecule has 0 aliphatic rings. The van der Waals surface area contributed by atoms with Crippen LogP contribution in [0.1, 0.15) is 5.56 Å². The number of hydrogen-bond acceptors (Lipinski definition) is 3. The molecular formula is C16H11ClF3N3O. The van der Waals surface area contributed by atoms with Crippen LogP contribution in [0, 0.1) is 0 Å². The lowest BCUT2D eigenvalue weighted by Crippen LogP contribution is -2.03. The van der Waals surface area contributed by atoms with E-state index in [4.69, 9.17) is 11.6 Å². The summed E-state index contributed by atoms with van der Waals surface area (Å²) in [4.78, 5) is 0. The Kier molecular flexibility index (Phi) is 3.96. The number of fused-ring (bicyclic) bond motifs is 1. The average molecular weight is 354 g/mol. The Hall–Kier alpha value is -2.54. The third kappa shape index (κ3) is 2.82. The standard InChI is InChI=1S/C16H11ClF3N3O/c1-23-13-5-3-2-4-10(13)14(15(23)24)22-21-12-8-9(16(18,19)20)6-7-11(12)17/h2-8,24H,1H3. The number of nitrogens with zero attached hydrogens (tertiary/aromatic N) is 3. The fourth-order valence-electron chi connectivity index (χ4n) is 2.33. The minimum absolute atomic E-state index is 0.0338. The predicted molar refractivity (Wildman–Crippen MR) is 85.2 cm³/mol. The second kappa shape index (κ2) is 5.83. The molecule has 0 saturated carbocycles. The van der Waals surface area contributed by atoms with Gasteiger partial charge in [0.25, 0.3) is 0 Å². The molecule has 1 heterocycles. The van der Waals surface area contributed by atoms with Crippen LogP contribution < -0.4 is 0 Å². The molecule has 4 nitrogen and oxygen atoms in total. The van der Waals surface area contributed by atoms with Gasteiger partial charge in [-0.05, 0) is 24.3 Å². The van der Waals surface area contributed by atoms with Gasteiger partial charge in [-0.1, -0.05) is 29.8 Å². The molecule has 0 bridgehead atoms. The molecule has 0 atom stereocenters. The largest absolute Gasteiger partial charge is 0.493 e. The lowest BCUT2D eigenvalue weighted by Gasteiger charge is -2.07. The van der Waals surface area contributed by atoms with Crippen molar-refractivity contribution in [2.45, 2.75) is 6.18 Å². The number of hydrogen-bond donors (Lipinski definition) is 1. The smallest absolute Gasteiger partial charge is 0.416 e. The monoisotopic (exact) mass is 353 g/mol. The molecule has 1 N–H and O–H groups in total. The molecule has 0 amide bonds. The van der Waals surface area contributed by atoms with Gasteiger partial charge in [0, 0.05) is 12.4 Å². The number of aromatic nitrogens is 1. The van der Waals surface area contributed by atoms with Crippen LogP contribution in [0.2, 0.25) is 5.02 Å². The topological polar surface area (TPSA) is 49.9 Å². The summed E-state index contributed by atoms with van der Waals surface area (Å²) in [7, 11) is 1.65. The molecule has 0 aliphatic carbocycles. The van der Waals surface area contributed by atoms with E-state index in [1.54, 1.807) is 31.3 Å². The van der Waals surface area contributed by atoms with Gasteiger partial charge >= 0.3 is 6.18 Å². The van der Waals surface area contributed by atoms with Gasteiger partial charge < -0.3 is 9.67 Å². The van der Waals surface area contributed by atoms with E-state index < -0.39 is 11.7 Å². The van der Waals surface area contributed by atoms with E-state index in [1.807, 2.05) is 0 Å². The lowest BCUT2D eigenvalue weighted by molar-refractivity contribution is -0.137. The van der Waals surface area contributed by atoms with Crippen molar-refractivity contribution >= 4 is 33.9 Å². The van der Waals surface area contributed by atoms with Crippen LogP contribution in [0.5, 0.6) is 5.88 Å². The van der Waals surface area contributed by atoms with Crippen LogP contribution in [0.4, 0.5) is 24.5 Å². The SMILES string of the molecule is Cn1c(O)c(N=Nc2cc(C(F)(F)F)ccc2Cl)c2ccccc21. The molecule has 1 aromatic heterocycles. The first-order chi connectivity index (χ1) is 11.3. The van der Waals surface area contributed by atoms with Gasteiger partial charge in [0.05, 0.1) is 16.1 Å². The van der Waals surface area contributed by atoms with E-state index >= 15 is 0 Å².